The number of rotatable bonds is 3. The molecule has 2 heterocycles. The maximum Gasteiger partial charge on any atom is 0.410 e. The van der Waals surface area contributed by atoms with Gasteiger partial charge in [0, 0.05) is 37.5 Å². The van der Waals surface area contributed by atoms with Crippen LogP contribution < -0.4 is 0 Å². The van der Waals surface area contributed by atoms with E-state index in [1.54, 1.807) is 7.11 Å². The third-order valence-corrected chi connectivity index (χ3v) is 4.26. The highest BCUT2D eigenvalue weighted by Crippen LogP contribution is 2.25. The Bertz CT molecular complexity index is 560. The number of ether oxygens (including phenoxy) is 2. The molecule has 0 aliphatic carbocycles. The van der Waals surface area contributed by atoms with E-state index in [0.717, 1.165) is 24.2 Å². The Hall–Kier alpha value is -1.62. The van der Waals surface area contributed by atoms with E-state index in [1.807, 2.05) is 39.5 Å². The molecule has 134 valence electrons. The van der Waals surface area contributed by atoms with Crippen molar-refractivity contribution >= 4 is 6.09 Å². The van der Waals surface area contributed by atoms with Gasteiger partial charge in [0.05, 0.1) is 6.10 Å². The van der Waals surface area contributed by atoms with Crippen molar-refractivity contribution < 1.29 is 14.3 Å². The highest BCUT2D eigenvalue weighted by molar-refractivity contribution is 5.68. The Morgan fingerprint density at radius 2 is 1.92 bits per heavy atom. The second kappa shape index (κ2) is 7.51. The van der Waals surface area contributed by atoms with Crippen LogP contribution in [0, 0.1) is 19.8 Å². The molecule has 0 spiro atoms. The van der Waals surface area contributed by atoms with E-state index >= 15 is 0 Å². The second-order valence-corrected chi connectivity index (χ2v) is 7.71. The van der Waals surface area contributed by atoms with E-state index in [4.69, 9.17) is 9.47 Å². The number of methoxy groups -OCH3 is 1. The van der Waals surface area contributed by atoms with E-state index in [1.165, 1.54) is 5.56 Å². The summed E-state index contributed by atoms with van der Waals surface area (Å²) >= 11 is 0. The monoisotopic (exact) mass is 334 g/mol. The van der Waals surface area contributed by atoms with Crippen molar-refractivity contribution in [3.63, 3.8) is 0 Å². The maximum atomic E-state index is 12.4. The smallest absolute Gasteiger partial charge is 0.410 e. The largest absolute Gasteiger partial charge is 0.444 e. The number of piperidine rings is 1. The Labute approximate surface area is 145 Å². The van der Waals surface area contributed by atoms with Crippen molar-refractivity contribution in [2.75, 3.05) is 20.2 Å². The molecule has 0 aromatic carbocycles. The van der Waals surface area contributed by atoms with Crippen LogP contribution in [-0.4, -0.2) is 47.9 Å². The summed E-state index contributed by atoms with van der Waals surface area (Å²) in [5, 5.41) is 0. The lowest BCUT2D eigenvalue weighted by atomic mass is 9.88. The van der Waals surface area contributed by atoms with Crippen LogP contribution in [0.3, 0.4) is 0 Å². The average molecular weight is 334 g/mol. The number of hydrogen-bond acceptors (Lipinski definition) is 4. The fourth-order valence-electron chi connectivity index (χ4n) is 3.35. The number of nitrogens with zero attached hydrogens (tertiary/aromatic N) is 2. The van der Waals surface area contributed by atoms with E-state index in [9.17, 15) is 4.79 Å². The summed E-state index contributed by atoms with van der Waals surface area (Å²) < 4.78 is 11.2. The van der Waals surface area contributed by atoms with Crippen LogP contribution in [0.5, 0.6) is 0 Å². The number of carbonyl (C=O) groups is 1. The van der Waals surface area contributed by atoms with E-state index < -0.39 is 5.60 Å². The minimum absolute atomic E-state index is 0.164. The lowest BCUT2D eigenvalue weighted by Gasteiger charge is -2.38. The van der Waals surface area contributed by atoms with E-state index in [-0.39, 0.29) is 18.1 Å². The van der Waals surface area contributed by atoms with Gasteiger partial charge in [-0.05, 0) is 65.2 Å². The average Bonchev–Trinajstić information content (AvgIpc) is 2.44. The van der Waals surface area contributed by atoms with Gasteiger partial charge in [-0.3, -0.25) is 4.98 Å². The van der Waals surface area contributed by atoms with Crippen molar-refractivity contribution in [2.24, 2.45) is 5.92 Å². The van der Waals surface area contributed by atoms with E-state index in [2.05, 4.69) is 17.1 Å². The van der Waals surface area contributed by atoms with Gasteiger partial charge in [-0.2, -0.15) is 0 Å². The zero-order chi connectivity index (χ0) is 17.9. The van der Waals surface area contributed by atoms with Crippen LogP contribution in [0.2, 0.25) is 0 Å². The van der Waals surface area contributed by atoms with E-state index in [0.29, 0.717) is 13.1 Å². The van der Waals surface area contributed by atoms with Gasteiger partial charge < -0.3 is 14.4 Å². The molecule has 1 fully saturated rings. The van der Waals surface area contributed by atoms with Gasteiger partial charge >= 0.3 is 6.09 Å². The first-order valence-corrected chi connectivity index (χ1v) is 8.63. The number of aromatic nitrogens is 1. The summed E-state index contributed by atoms with van der Waals surface area (Å²) in [6.07, 6.45) is 1.65. The first-order chi connectivity index (χ1) is 11.2. The van der Waals surface area contributed by atoms with Crippen molar-refractivity contribution in [3.8, 4) is 0 Å². The van der Waals surface area contributed by atoms with Gasteiger partial charge in [0.25, 0.3) is 0 Å². The molecule has 2 rings (SSSR count). The Balaban J connectivity index is 2.09. The van der Waals surface area contributed by atoms with Crippen molar-refractivity contribution in [1.29, 1.82) is 0 Å². The highest BCUT2D eigenvalue weighted by atomic mass is 16.6. The molecule has 5 heteroatoms. The number of pyridine rings is 1. The second-order valence-electron chi connectivity index (χ2n) is 7.71. The fourth-order valence-corrected chi connectivity index (χ4v) is 3.35. The maximum absolute atomic E-state index is 12.4. The number of amides is 1. The zero-order valence-corrected chi connectivity index (χ0v) is 15.8. The first-order valence-electron chi connectivity index (χ1n) is 8.63. The molecule has 0 radical (unpaired) electrons. The molecule has 0 saturated carbocycles. The van der Waals surface area contributed by atoms with Crippen LogP contribution in [0.1, 0.15) is 44.1 Å². The Morgan fingerprint density at radius 3 is 2.46 bits per heavy atom. The third-order valence-electron chi connectivity index (χ3n) is 4.26. The molecular weight excluding hydrogens is 304 g/mol. The Kier molecular flexibility index (Phi) is 5.86. The summed E-state index contributed by atoms with van der Waals surface area (Å²) in [7, 11) is 1.75. The molecule has 1 amide bonds. The van der Waals surface area contributed by atoms with Crippen LogP contribution in [0.4, 0.5) is 4.79 Å². The lowest BCUT2D eigenvalue weighted by Crippen LogP contribution is -2.48. The molecule has 1 saturated heterocycles. The van der Waals surface area contributed by atoms with Gasteiger partial charge in [-0.25, -0.2) is 4.79 Å². The van der Waals surface area contributed by atoms with Crippen LogP contribution >= 0.6 is 0 Å². The normalized spacial score (nSPS) is 21.7. The van der Waals surface area contributed by atoms with Gasteiger partial charge in [-0.1, -0.05) is 0 Å². The summed E-state index contributed by atoms with van der Waals surface area (Å²) in [4.78, 5) is 18.6. The van der Waals surface area contributed by atoms with Crippen molar-refractivity contribution in [3.05, 3.63) is 29.1 Å². The zero-order valence-electron chi connectivity index (χ0n) is 15.8. The van der Waals surface area contributed by atoms with Crippen molar-refractivity contribution in [1.82, 2.24) is 9.88 Å². The Morgan fingerprint density at radius 1 is 1.29 bits per heavy atom. The quantitative estimate of drug-likeness (QED) is 0.849. The summed E-state index contributed by atoms with van der Waals surface area (Å²) in [6, 6.07) is 4.23. The fraction of sp³-hybridized carbons (Fsp3) is 0.684. The molecule has 1 aromatic rings. The molecule has 2 unspecified atom stereocenters. The molecule has 5 nitrogen and oxygen atoms in total. The summed E-state index contributed by atoms with van der Waals surface area (Å²) in [5.74, 6) is 0.262. The van der Waals surface area contributed by atoms with Crippen LogP contribution in [0.15, 0.2) is 12.1 Å². The van der Waals surface area contributed by atoms with Gasteiger partial charge in [-0.15, -0.1) is 0 Å². The predicted molar refractivity (Wildman–Crippen MR) is 94.1 cm³/mol. The molecule has 1 aromatic heterocycles. The standard InChI is InChI=1S/C19H30N2O3/c1-13-9-15(10-14(2)20-13)11-16-12-21(8-7-17(16)23-6)18(22)24-19(3,4)5/h9-10,16-17H,7-8,11-12H2,1-6H3. The molecule has 24 heavy (non-hydrogen) atoms. The lowest BCUT2D eigenvalue weighted by molar-refractivity contribution is -0.0235. The number of hydrogen-bond donors (Lipinski definition) is 0. The third kappa shape index (κ3) is 5.20. The molecular formula is C19H30N2O3. The number of aryl methyl sites for hydroxylation is 2. The van der Waals surface area contributed by atoms with Crippen LogP contribution in [0.25, 0.3) is 0 Å². The molecule has 1 aliphatic rings. The molecule has 0 bridgehead atoms. The number of carbonyl (C=O) groups excluding carboxylic acids is 1. The van der Waals surface area contributed by atoms with Gasteiger partial charge in [0.2, 0.25) is 0 Å². The summed E-state index contributed by atoms with van der Waals surface area (Å²) in [6.45, 7) is 11.1. The minimum atomic E-state index is -0.468. The molecule has 1 aliphatic heterocycles. The topological polar surface area (TPSA) is 51.7 Å². The van der Waals surface area contributed by atoms with Crippen molar-refractivity contribution in [2.45, 2.75) is 59.2 Å². The number of likely N-dealkylation sites (tertiary alicyclic amines) is 1. The highest BCUT2D eigenvalue weighted by Gasteiger charge is 2.33. The molecule has 2 atom stereocenters. The minimum Gasteiger partial charge on any atom is -0.444 e. The first kappa shape index (κ1) is 18.7. The predicted octanol–water partition coefficient (Wildman–Crippen LogP) is 3.51. The van der Waals surface area contributed by atoms with Gasteiger partial charge in [0.1, 0.15) is 5.60 Å². The molecule has 0 N–H and O–H groups in total. The van der Waals surface area contributed by atoms with Crippen LogP contribution in [-0.2, 0) is 15.9 Å². The van der Waals surface area contributed by atoms with Gasteiger partial charge in [0.15, 0.2) is 0 Å². The SMILES string of the molecule is COC1CCN(C(=O)OC(C)(C)C)CC1Cc1cc(C)nc(C)c1. The summed E-state index contributed by atoms with van der Waals surface area (Å²) in [5.41, 5.74) is 2.83.